The second-order valence-electron chi connectivity index (χ2n) is 6.19. The first-order valence-corrected chi connectivity index (χ1v) is 7.85. The average molecular weight is 296 g/mol. The molecule has 0 radical (unpaired) electrons. The smallest absolute Gasteiger partial charge is 0.251 e. The van der Waals surface area contributed by atoms with Gasteiger partial charge in [0.2, 0.25) is 0 Å². The van der Waals surface area contributed by atoms with Crippen LogP contribution in [0.5, 0.6) is 0 Å². The fraction of sp³-hybridized carbons (Fsp3) is 0.647. The molecule has 1 aromatic rings. The normalized spacial score (nSPS) is 19.1. The fourth-order valence-corrected chi connectivity index (χ4v) is 2.95. The molecule has 21 heavy (non-hydrogen) atoms. The Morgan fingerprint density at radius 3 is 2.62 bits per heavy atom. The second-order valence-corrected chi connectivity index (χ2v) is 6.19. The van der Waals surface area contributed by atoms with Gasteiger partial charge in [0.15, 0.2) is 0 Å². The van der Waals surface area contributed by atoms with E-state index in [1.54, 1.807) is 0 Å². The van der Waals surface area contributed by atoms with Crippen LogP contribution in [0, 0.1) is 6.92 Å². The van der Waals surface area contributed by atoms with E-state index in [9.17, 15) is 8.78 Å². The Morgan fingerprint density at radius 2 is 2.00 bits per heavy atom. The highest BCUT2D eigenvalue weighted by atomic mass is 19.3. The Kier molecular flexibility index (Phi) is 6.12. The number of alkyl halides is 2. The Balaban J connectivity index is 1.72. The van der Waals surface area contributed by atoms with E-state index in [2.05, 4.69) is 43.4 Å². The van der Waals surface area contributed by atoms with Gasteiger partial charge in [-0.3, -0.25) is 4.90 Å². The van der Waals surface area contributed by atoms with E-state index < -0.39 is 6.43 Å². The number of hydrogen-bond donors (Lipinski definition) is 1. The summed E-state index contributed by atoms with van der Waals surface area (Å²) in [5, 5.41) is 3.60. The Hall–Kier alpha value is -1.00. The molecule has 2 nitrogen and oxygen atoms in total. The van der Waals surface area contributed by atoms with E-state index in [4.69, 9.17) is 0 Å². The highest BCUT2D eigenvalue weighted by molar-refractivity contribution is 5.25. The van der Waals surface area contributed by atoms with Gasteiger partial charge in [-0.2, -0.15) is 0 Å². The highest BCUT2D eigenvalue weighted by Gasteiger charge is 2.21. The summed E-state index contributed by atoms with van der Waals surface area (Å²) < 4.78 is 24.7. The maximum atomic E-state index is 12.3. The SMILES string of the molecule is Cc1cccc([C@@H](C)CNC2CCN(CC(F)F)CC2)c1. The van der Waals surface area contributed by atoms with Crippen molar-refractivity contribution < 1.29 is 8.78 Å². The lowest BCUT2D eigenvalue weighted by molar-refractivity contribution is 0.0730. The summed E-state index contributed by atoms with van der Waals surface area (Å²) in [4.78, 5) is 1.87. The molecule has 118 valence electrons. The quantitative estimate of drug-likeness (QED) is 0.865. The molecule has 0 aromatic heterocycles. The Bertz CT molecular complexity index is 429. The first-order valence-electron chi connectivity index (χ1n) is 7.85. The Morgan fingerprint density at radius 1 is 1.29 bits per heavy atom. The monoisotopic (exact) mass is 296 g/mol. The van der Waals surface area contributed by atoms with Crippen LogP contribution in [0.15, 0.2) is 24.3 Å². The van der Waals surface area contributed by atoms with Gasteiger partial charge in [-0.25, -0.2) is 8.78 Å². The van der Waals surface area contributed by atoms with Crippen molar-refractivity contribution in [2.75, 3.05) is 26.2 Å². The maximum absolute atomic E-state index is 12.3. The summed E-state index contributed by atoms with van der Waals surface area (Å²) in [7, 11) is 0. The molecular formula is C17H26F2N2. The number of benzene rings is 1. The molecule has 0 amide bonds. The molecule has 1 N–H and O–H groups in total. The summed E-state index contributed by atoms with van der Waals surface area (Å²) >= 11 is 0. The minimum Gasteiger partial charge on any atom is -0.313 e. The van der Waals surface area contributed by atoms with E-state index >= 15 is 0 Å². The third-order valence-corrected chi connectivity index (χ3v) is 4.31. The minimum atomic E-state index is -2.21. The number of nitrogens with one attached hydrogen (secondary N) is 1. The largest absolute Gasteiger partial charge is 0.313 e. The van der Waals surface area contributed by atoms with Crippen LogP contribution in [-0.2, 0) is 0 Å². The van der Waals surface area contributed by atoms with E-state index in [0.717, 1.165) is 32.5 Å². The summed E-state index contributed by atoms with van der Waals surface area (Å²) in [5.74, 6) is 0.476. The van der Waals surface area contributed by atoms with Crippen molar-refractivity contribution in [3.8, 4) is 0 Å². The van der Waals surface area contributed by atoms with Gasteiger partial charge in [0.25, 0.3) is 6.43 Å². The van der Waals surface area contributed by atoms with Crippen LogP contribution < -0.4 is 5.32 Å². The topological polar surface area (TPSA) is 15.3 Å². The number of rotatable bonds is 6. The molecular weight excluding hydrogens is 270 g/mol. The van der Waals surface area contributed by atoms with Gasteiger partial charge in [-0.05, 0) is 44.3 Å². The van der Waals surface area contributed by atoms with E-state index in [-0.39, 0.29) is 6.54 Å². The number of halogens is 2. The summed E-state index contributed by atoms with van der Waals surface area (Å²) in [6.07, 6.45) is -0.281. The van der Waals surface area contributed by atoms with Crippen LogP contribution in [0.1, 0.15) is 36.8 Å². The zero-order valence-electron chi connectivity index (χ0n) is 13.0. The van der Waals surface area contributed by atoms with Crippen molar-refractivity contribution in [3.63, 3.8) is 0 Å². The van der Waals surface area contributed by atoms with Gasteiger partial charge in [0.05, 0.1) is 6.54 Å². The summed E-state index contributed by atoms with van der Waals surface area (Å²) in [6, 6.07) is 9.08. The summed E-state index contributed by atoms with van der Waals surface area (Å²) in [5.41, 5.74) is 2.65. The van der Waals surface area contributed by atoms with Crippen LogP contribution in [0.4, 0.5) is 8.78 Å². The molecule has 0 unspecified atom stereocenters. The van der Waals surface area contributed by atoms with Crippen molar-refractivity contribution in [2.24, 2.45) is 0 Å². The first kappa shape index (κ1) is 16.4. The lowest BCUT2D eigenvalue weighted by Crippen LogP contribution is -2.44. The highest BCUT2D eigenvalue weighted by Crippen LogP contribution is 2.17. The third-order valence-electron chi connectivity index (χ3n) is 4.31. The number of hydrogen-bond acceptors (Lipinski definition) is 2. The van der Waals surface area contributed by atoms with Gasteiger partial charge in [0, 0.05) is 12.6 Å². The third kappa shape index (κ3) is 5.36. The van der Waals surface area contributed by atoms with Crippen LogP contribution in [0.25, 0.3) is 0 Å². The number of nitrogens with zero attached hydrogens (tertiary/aromatic N) is 1. The molecule has 1 aliphatic rings. The van der Waals surface area contributed by atoms with Gasteiger partial charge in [0.1, 0.15) is 0 Å². The van der Waals surface area contributed by atoms with Gasteiger partial charge in [-0.15, -0.1) is 0 Å². The zero-order valence-corrected chi connectivity index (χ0v) is 13.0. The van der Waals surface area contributed by atoms with Crippen molar-refractivity contribution >= 4 is 0 Å². The molecule has 0 aliphatic carbocycles. The number of likely N-dealkylation sites (tertiary alicyclic amines) is 1. The molecule has 0 spiro atoms. The molecule has 2 rings (SSSR count). The first-order chi connectivity index (χ1) is 10.0. The molecule has 1 aromatic carbocycles. The molecule has 1 saturated heterocycles. The lowest BCUT2D eigenvalue weighted by Gasteiger charge is -2.32. The lowest BCUT2D eigenvalue weighted by atomic mass is 9.98. The van der Waals surface area contributed by atoms with Crippen LogP contribution in [0.2, 0.25) is 0 Å². The predicted octanol–water partition coefficient (Wildman–Crippen LogP) is 3.42. The molecule has 1 atom stereocenters. The molecule has 1 aliphatic heterocycles. The van der Waals surface area contributed by atoms with E-state index in [1.807, 2.05) is 4.90 Å². The van der Waals surface area contributed by atoms with Crippen molar-refractivity contribution in [3.05, 3.63) is 35.4 Å². The predicted molar refractivity (Wildman–Crippen MR) is 83.1 cm³/mol. The molecule has 0 saturated carbocycles. The van der Waals surface area contributed by atoms with Crippen molar-refractivity contribution in [2.45, 2.75) is 45.1 Å². The van der Waals surface area contributed by atoms with Crippen LogP contribution in [-0.4, -0.2) is 43.5 Å². The molecule has 1 heterocycles. The Labute approximate surface area is 126 Å². The number of aryl methyl sites for hydroxylation is 1. The van der Waals surface area contributed by atoms with Crippen LogP contribution in [0.3, 0.4) is 0 Å². The van der Waals surface area contributed by atoms with Crippen LogP contribution >= 0.6 is 0 Å². The van der Waals surface area contributed by atoms with Crippen molar-refractivity contribution in [1.82, 2.24) is 10.2 Å². The van der Waals surface area contributed by atoms with E-state index in [1.165, 1.54) is 11.1 Å². The van der Waals surface area contributed by atoms with Gasteiger partial charge in [-0.1, -0.05) is 36.8 Å². The van der Waals surface area contributed by atoms with E-state index in [0.29, 0.717) is 12.0 Å². The fourth-order valence-electron chi connectivity index (χ4n) is 2.95. The second kappa shape index (κ2) is 7.85. The number of piperidine rings is 1. The molecule has 0 bridgehead atoms. The maximum Gasteiger partial charge on any atom is 0.251 e. The van der Waals surface area contributed by atoms with Gasteiger partial charge >= 0.3 is 0 Å². The molecule has 1 fully saturated rings. The van der Waals surface area contributed by atoms with Gasteiger partial charge < -0.3 is 5.32 Å². The zero-order chi connectivity index (χ0) is 15.2. The van der Waals surface area contributed by atoms with Crippen molar-refractivity contribution in [1.29, 1.82) is 0 Å². The minimum absolute atomic E-state index is 0.0770. The standard InChI is InChI=1S/C17H26F2N2/c1-13-4-3-5-15(10-13)14(2)11-20-16-6-8-21(9-7-16)12-17(18)19/h3-5,10,14,16-17,20H,6-9,11-12H2,1-2H3/t14-/m0/s1. The molecule has 4 heteroatoms. The summed E-state index contributed by atoms with van der Waals surface area (Å²) in [6.45, 7) is 6.77. The average Bonchev–Trinajstić information content (AvgIpc) is 2.45.